The van der Waals surface area contributed by atoms with Crippen molar-refractivity contribution in [2.24, 2.45) is 0 Å². The van der Waals surface area contributed by atoms with E-state index in [1.54, 1.807) is 19.1 Å². The Hall–Kier alpha value is -1.43. The summed E-state index contributed by atoms with van der Waals surface area (Å²) >= 11 is 0. The van der Waals surface area contributed by atoms with Crippen molar-refractivity contribution >= 4 is 5.97 Å². The molecule has 3 atom stereocenters. The van der Waals surface area contributed by atoms with Crippen LogP contribution in [0.3, 0.4) is 0 Å². The molecule has 2 aliphatic heterocycles. The summed E-state index contributed by atoms with van der Waals surface area (Å²) in [5.74, 6) is -0.286. The maximum Gasteiger partial charge on any atom is 0.338 e. The molecule has 1 N–H and O–H groups in total. The molecule has 0 bridgehead atoms. The summed E-state index contributed by atoms with van der Waals surface area (Å²) < 4.78 is 16.4. The van der Waals surface area contributed by atoms with Crippen molar-refractivity contribution in [2.45, 2.75) is 25.2 Å². The second kappa shape index (κ2) is 5.91. The monoisotopic (exact) mass is 277 g/mol. The smallest absolute Gasteiger partial charge is 0.338 e. The fourth-order valence-electron chi connectivity index (χ4n) is 2.62. The van der Waals surface area contributed by atoms with Crippen LogP contribution < -0.4 is 5.32 Å². The molecule has 1 aromatic rings. The van der Waals surface area contributed by atoms with Crippen molar-refractivity contribution in [1.82, 2.24) is 5.32 Å². The van der Waals surface area contributed by atoms with Gasteiger partial charge in [0.2, 0.25) is 0 Å². The topological polar surface area (TPSA) is 56.8 Å². The van der Waals surface area contributed by atoms with Gasteiger partial charge in [-0.1, -0.05) is 12.1 Å². The van der Waals surface area contributed by atoms with Gasteiger partial charge in [-0.15, -0.1) is 0 Å². The molecule has 20 heavy (non-hydrogen) atoms. The van der Waals surface area contributed by atoms with Gasteiger partial charge in [-0.05, 0) is 24.6 Å². The summed E-state index contributed by atoms with van der Waals surface area (Å²) in [7, 11) is 0. The molecule has 0 aliphatic carbocycles. The molecule has 0 spiro atoms. The van der Waals surface area contributed by atoms with Crippen molar-refractivity contribution in [3.63, 3.8) is 0 Å². The largest absolute Gasteiger partial charge is 0.462 e. The molecule has 0 aromatic heterocycles. The van der Waals surface area contributed by atoms with Gasteiger partial charge in [0.25, 0.3) is 0 Å². The van der Waals surface area contributed by atoms with Crippen LogP contribution >= 0.6 is 0 Å². The van der Waals surface area contributed by atoms with E-state index in [2.05, 4.69) is 5.32 Å². The minimum absolute atomic E-state index is 0.00851. The quantitative estimate of drug-likeness (QED) is 0.844. The van der Waals surface area contributed by atoms with Crippen LogP contribution in [0.2, 0.25) is 0 Å². The Morgan fingerprint density at radius 2 is 2.15 bits per heavy atom. The third-order valence-electron chi connectivity index (χ3n) is 3.73. The molecule has 3 rings (SSSR count). The van der Waals surface area contributed by atoms with E-state index in [1.807, 2.05) is 12.1 Å². The summed E-state index contributed by atoms with van der Waals surface area (Å²) in [6.45, 7) is 4.32. The first-order valence-corrected chi connectivity index (χ1v) is 7.01. The number of morpholine rings is 1. The number of ether oxygens (including phenoxy) is 3. The highest BCUT2D eigenvalue weighted by molar-refractivity contribution is 5.89. The predicted molar refractivity (Wildman–Crippen MR) is 72.6 cm³/mol. The lowest BCUT2D eigenvalue weighted by molar-refractivity contribution is -0.0510. The van der Waals surface area contributed by atoms with Gasteiger partial charge in [0.15, 0.2) is 0 Å². The highest BCUT2D eigenvalue weighted by Crippen LogP contribution is 2.26. The molecular formula is C15H19NO4. The lowest BCUT2D eigenvalue weighted by atomic mass is 10.0. The summed E-state index contributed by atoms with van der Waals surface area (Å²) in [5, 5.41) is 3.45. The van der Waals surface area contributed by atoms with Crippen LogP contribution in [0.4, 0.5) is 0 Å². The highest BCUT2D eigenvalue weighted by atomic mass is 16.6. The van der Waals surface area contributed by atoms with Crippen LogP contribution in [-0.4, -0.2) is 44.5 Å². The second-order valence-electron chi connectivity index (χ2n) is 5.06. The number of rotatable bonds is 3. The van der Waals surface area contributed by atoms with Crippen molar-refractivity contribution in [3.8, 4) is 0 Å². The maximum absolute atomic E-state index is 11.6. The van der Waals surface area contributed by atoms with E-state index in [4.69, 9.17) is 14.2 Å². The molecule has 2 aliphatic rings. The zero-order chi connectivity index (χ0) is 13.9. The van der Waals surface area contributed by atoms with Crippen LogP contribution in [-0.2, 0) is 14.2 Å². The molecule has 108 valence electrons. The van der Waals surface area contributed by atoms with E-state index in [0.717, 1.165) is 18.7 Å². The summed E-state index contributed by atoms with van der Waals surface area (Å²) in [6.07, 6.45) is 0.132. The van der Waals surface area contributed by atoms with Gasteiger partial charge in [-0.3, -0.25) is 0 Å². The average molecular weight is 277 g/mol. The number of hydrogen-bond donors (Lipinski definition) is 1. The number of esters is 1. The fraction of sp³-hybridized carbons (Fsp3) is 0.533. The summed E-state index contributed by atoms with van der Waals surface area (Å²) in [5.41, 5.74) is 1.64. The van der Waals surface area contributed by atoms with Crippen LogP contribution in [0.25, 0.3) is 0 Å². The molecule has 1 aromatic carbocycles. The first kappa shape index (κ1) is 13.5. The molecule has 5 heteroatoms. The Kier molecular flexibility index (Phi) is 4.00. The molecule has 5 nitrogen and oxygen atoms in total. The maximum atomic E-state index is 11.6. The standard InChI is InChI=1S/C15H19NO4/c1-2-19-15(17)11-5-3-10(4-6-11)13-7-16-12-8-18-9-14(12)20-13/h3-6,12-14,16H,2,7-9H2,1H3/t12-,13+,14+/m1/s1. The van der Waals surface area contributed by atoms with Gasteiger partial charge in [0, 0.05) is 6.54 Å². The van der Waals surface area contributed by atoms with E-state index in [0.29, 0.717) is 24.8 Å². The first-order chi connectivity index (χ1) is 9.78. The Bertz CT molecular complexity index is 473. The first-order valence-electron chi connectivity index (χ1n) is 7.01. The van der Waals surface area contributed by atoms with E-state index < -0.39 is 0 Å². The molecule has 0 saturated carbocycles. The second-order valence-corrected chi connectivity index (χ2v) is 5.06. The zero-order valence-corrected chi connectivity index (χ0v) is 11.5. The van der Waals surface area contributed by atoms with Crippen molar-refractivity contribution < 1.29 is 19.0 Å². The predicted octanol–water partition coefficient (Wildman–Crippen LogP) is 1.29. The number of hydrogen-bond acceptors (Lipinski definition) is 5. The minimum Gasteiger partial charge on any atom is -0.462 e. The molecule has 2 fully saturated rings. The Morgan fingerprint density at radius 3 is 2.90 bits per heavy atom. The van der Waals surface area contributed by atoms with Gasteiger partial charge in [0.05, 0.1) is 43.6 Å². The van der Waals surface area contributed by atoms with Gasteiger partial charge in [-0.25, -0.2) is 4.79 Å². The van der Waals surface area contributed by atoms with E-state index in [9.17, 15) is 4.79 Å². The van der Waals surface area contributed by atoms with Crippen molar-refractivity contribution in [3.05, 3.63) is 35.4 Å². The average Bonchev–Trinajstić information content (AvgIpc) is 2.95. The van der Waals surface area contributed by atoms with Crippen LogP contribution in [0.15, 0.2) is 24.3 Å². The number of nitrogens with one attached hydrogen (secondary N) is 1. The van der Waals surface area contributed by atoms with Gasteiger partial charge >= 0.3 is 5.97 Å². The number of fused-ring (bicyclic) bond motifs is 1. The van der Waals surface area contributed by atoms with Crippen LogP contribution in [0.5, 0.6) is 0 Å². The van der Waals surface area contributed by atoms with Gasteiger partial charge in [0.1, 0.15) is 0 Å². The third kappa shape index (κ3) is 2.70. The van der Waals surface area contributed by atoms with Gasteiger partial charge in [-0.2, -0.15) is 0 Å². The minimum atomic E-state index is -0.286. The molecular weight excluding hydrogens is 258 g/mol. The molecule has 2 heterocycles. The van der Waals surface area contributed by atoms with Crippen LogP contribution in [0, 0.1) is 0 Å². The lowest BCUT2D eigenvalue weighted by Crippen LogP contribution is -2.48. The Morgan fingerprint density at radius 1 is 1.35 bits per heavy atom. The SMILES string of the molecule is CCOC(=O)c1ccc([C@@H]2CN[C@@H]3COC[C@@H]3O2)cc1. The molecule has 2 saturated heterocycles. The third-order valence-corrected chi connectivity index (χ3v) is 3.73. The van der Waals surface area contributed by atoms with Crippen molar-refractivity contribution in [1.29, 1.82) is 0 Å². The molecule has 0 radical (unpaired) electrons. The molecule has 0 amide bonds. The van der Waals surface area contributed by atoms with Crippen molar-refractivity contribution in [2.75, 3.05) is 26.4 Å². The Labute approximate surface area is 118 Å². The summed E-state index contributed by atoms with van der Waals surface area (Å²) in [6, 6.07) is 7.73. The van der Waals surface area contributed by atoms with E-state index >= 15 is 0 Å². The summed E-state index contributed by atoms with van der Waals surface area (Å²) in [4.78, 5) is 11.6. The fourth-order valence-corrected chi connectivity index (χ4v) is 2.62. The van der Waals surface area contributed by atoms with Gasteiger partial charge < -0.3 is 19.5 Å². The number of carbonyl (C=O) groups is 1. The van der Waals surface area contributed by atoms with Crippen LogP contribution in [0.1, 0.15) is 28.9 Å². The number of carbonyl (C=O) groups excluding carboxylic acids is 1. The lowest BCUT2D eigenvalue weighted by Gasteiger charge is -2.32. The Balaban J connectivity index is 1.67. The molecule has 0 unspecified atom stereocenters. The normalized spacial score (nSPS) is 28.9. The highest BCUT2D eigenvalue weighted by Gasteiger charge is 2.35. The zero-order valence-electron chi connectivity index (χ0n) is 11.5. The van der Waals surface area contributed by atoms with E-state index in [-0.39, 0.29) is 18.2 Å². The number of benzene rings is 1. The van der Waals surface area contributed by atoms with E-state index in [1.165, 1.54) is 0 Å².